The van der Waals surface area contributed by atoms with Gasteiger partial charge in [0.2, 0.25) is 5.91 Å². The van der Waals surface area contributed by atoms with Gasteiger partial charge in [-0.15, -0.1) is 0 Å². The minimum absolute atomic E-state index is 0.261. The summed E-state index contributed by atoms with van der Waals surface area (Å²) in [4.78, 5) is 15.2. The number of rotatable bonds is 7. The van der Waals surface area contributed by atoms with E-state index < -0.39 is 0 Å². The van der Waals surface area contributed by atoms with Gasteiger partial charge in [-0.3, -0.25) is 4.79 Å². The molecule has 25 heavy (non-hydrogen) atoms. The van der Waals surface area contributed by atoms with Crippen molar-refractivity contribution in [1.29, 1.82) is 0 Å². The molecule has 3 rings (SSSR count). The number of hydrogen-bond donors (Lipinski definition) is 1. The van der Waals surface area contributed by atoms with Crippen molar-refractivity contribution in [1.82, 2.24) is 10.2 Å². The van der Waals surface area contributed by atoms with Gasteiger partial charge in [-0.1, -0.05) is 37.3 Å². The molecule has 138 valence electrons. The summed E-state index contributed by atoms with van der Waals surface area (Å²) in [6.07, 6.45) is 4.97. The molecule has 2 unspecified atom stereocenters. The van der Waals surface area contributed by atoms with Crippen molar-refractivity contribution in [2.75, 3.05) is 32.8 Å². The topological polar surface area (TPSA) is 41.6 Å². The van der Waals surface area contributed by atoms with Crippen molar-refractivity contribution in [3.05, 3.63) is 35.9 Å². The van der Waals surface area contributed by atoms with E-state index in [1.54, 1.807) is 0 Å². The van der Waals surface area contributed by atoms with Crippen LogP contribution in [0.15, 0.2) is 30.3 Å². The molecule has 2 aliphatic rings. The van der Waals surface area contributed by atoms with Gasteiger partial charge in [0.15, 0.2) is 0 Å². The second-order valence-electron chi connectivity index (χ2n) is 7.61. The van der Waals surface area contributed by atoms with E-state index in [2.05, 4.69) is 41.4 Å². The van der Waals surface area contributed by atoms with E-state index in [0.717, 1.165) is 39.1 Å². The molecule has 2 aliphatic heterocycles. The van der Waals surface area contributed by atoms with Crippen LogP contribution in [0, 0.1) is 11.8 Å². The van der Waals surface area contributed by atoms with E-state index in [0.29, 0.717) is 30.8 Å². The quantitative estimate of drug-likeness (QED) is 0.827. The lowest BCUT2D eigenvalue weighted by Crippen LogP contribution is -2.43. The van der Waals surface area contributed by atoms with E-state index in [1.807, 2.05) is 6.07 Å². The summed E-state index contributed by atoms with van der Waals surface area (Å²) in [5, 5.41) is 3.42. The average molecular weight is 344 g/mol. The van der Waals surface area contributed by atoms with Gasteiger partial charge in [-0.05, 0) is 56.2 Å². The highest BCUT2D eigenvalue weighted by atomic mass is 16.5. The number of carbonyl (C=O) groups excluding carboxylic acids is 1. The van der Waals surface area contributed by atoms with Gasteiger partial charge in [0, 0.05) is 19.6 Å². The SMILES string of the molecule is CC(CC(=O)N(CCc1ccccc1)C1CCOC1)C1CCNCC1. The Morgan fingerprint density at radius 2 is 2.00 bits per heavy atom. The molecule has 1 aromatic carbocycles. The Bertz CT molecular complexity index is 522. The van der Waals surface area contributed by atoms with Crippen molar-refractivity contribution in [2.24, 2.45) is 11.8 Å². The van der Waals surface area contributed by atoms with Gasteiger partial charge < -0.3 is 15.0 Å². The van der Waals surface area contributed by atoms with E-state index in [4.69, 9.17) is 4.74 Å². The van der Waals surface area contributed by atoms with Gasteiger partial charge in [0.05, 0.1) is 12.6 Å². The predicted octanol–water partition coefficient (Wildman–Crippen LogP) is 2.87. The molecule has 0 spiro atoms. The Hall–Kier alpha value is -1.39. The van der Waals surface area contributed by atoms with Crippen LogP contribution in [0.3, 0.4) is 0 Å². The molecule has 1 amide bonds. The van der Waals surface area contributed by atoms with Crippen LogP contribution in [0.5, 0.6) is 0 Å². The Labute approximate surface area is 151 Å². The lowest BCUT2D eigenvalue weighted by molar-refractivity contribution is -0.135. The standard InChI is InChI=1S/C21H32N2O2/c1-17(19-7-11-22-12-8-19)15-21(24)23(20-10-14-25-16-20)13-9-18-5-3-2-4-6-18/h2-6,17,19-20,22H,7-16H2,1H3. The lowest BCUT2D eigenvalue weighted by Gasteiger charge is -2.32. The molecular formula is C21H32N2O2. The van der Waals surface area contributed by atoms with Crippen LogP contribution in [0.1, 0.15) is 38.2 Å². The number of benzene rings is 1. The van der Waals surface area contributed by atoms with Gasteiger partial charge >= 0.3 is 0 Å². The number of piperidine rings is 1. The fourth-order valence-corrected chi connectivity index (χ4v) is 4.15. The van der Waals surface area contributed by atoms with Crippen molar-refractivity contribution in [3.63, 3.8) is 0 Å². The normalized spacial score (nSPS) is 22.7. The first-order chi connectivity index (χ1) is 12.2. The van der Waals surface area contributed by atoms with E-state index >= 15 is 0 Å². The zero-order chi connectivity index (χ0) is 17.5. The maximum Gasteiger partial charge on any atom is 0.223 e. The summed E-state index contributed by atoms with van der Waals surface area (Å²) in [7, 11) is 0. The molecule has 0 radical (unpaired) electrons. The molecule has 1 N–H and O–H groups in total. The molecule has 2 saturated heterocycles. The number of amides is 1. The lowest BCUT2D eigenvalue weighted by atomic mass is 9.84. The van der Waals surface area contributed by atoms with Crippen LogP contribution in [-0.4, -0.2) is 49.7 Å². The molecule has 2 atom stereocenters. The Balaban J connectivity index is 1.58. The van der Waals surface area contributed by atoms with Gasteiger partial charge in [0.1, 0.15) is 0 Å². The summed E-state index contributed by atoms with van der Waals surface area (Å²) in [5.41, 5.74) is 1.30. The number of carbonyl (C=O) groups is 1. The zero-order valence-corrected chi connectivity index (χ0v) is 15.5. The average Bonchev–Trinajstić information content (AvgIpc) is 3.18. The third kappa shape index (κ3) is 5.29. The summed E-state index contributed by atoms with van der Waals surface area (Å²) in [6, 6.07) is 10.7. The van der Waals surface area contributed by atoms with Gasteiger partial charge in [-0.2, -0.15) is 0 Å². The van der Waals surface area contributed by atoms with Crippen molar-refractivity contribution >= 4 is 5.91 Å². The maximum absolute atomic E-state index is 13.1. The summed E-state index contributed by atoms with van der Waals surface area (Å²) >= 11 is 0. The Kier molecular flexibility index (Phi) is 6.88. The summed E-state index contributed by atoms with van der Waals surface area (Å²) in [5.74, 6) is 1.47. The van der Waals surface area contributed by atoms with Gasteiger partial charge in [-0.25, -0.2) is 0 Å². The van der Waals surface area contributed by atoms with E-state index in [-0.39, 0.29) is 6.04 Å². The van der Waals surface area contributed by atoms with Crippen molar-refractivity contribution < 1.29 is 9.53 Å². The number of hydrogen-bond acceptors (Lipinski definition) is 3. The molecule has 2 fully saturated rings. The third-order valence-electron chi connectivity index (χ3n) is 5.84. The fourth-order valence-electron chi connectivity index (χ4n) is 4.15. The zero-order valence-electron chi connectivity index (χ0n) is 15.5. The van der Waals surface area contributed by atoms with Crippen LogP contribution in [0.25, 0.3) is 0 Å². The van der Waals surface area contributed by atoms with Crippen LogP contribution in [-0.2, 0) is 16.0 Å². The highest BCUT2D eigenvalue weighted by molar-refractivity contribution is 5.77. The number of nitrogens with one attached hydrogen (secondary N) is 1. The monoisotopic (exact) mass is 344 g/mol. The summed E-state index contributed by atoms with van der Waals surface area (Å²) < 4.78 is 5.56. The Morgan fingerprint density at radius 3 is 2.68 bits per heavy atom. The molecule has 2 heterocycles. The predicted molar refractivity (Wildman–Crippen MR) is 100 cm³/mol. The minimum Gasteiger partial charge on any atom is -0.379 e. The second-order valence-corrected chi connectivity index (χ2v) is 7.61. The first kappa shape index (κ1) is 18.4. The van der Waals surface area contributed by atoms with E-state index in [9.17, 15) is 4.79 Å². The highest BCUT2D eigenvalue weighted by Gasteiger charge is 2.30. The minimum atomic E-state index is 0.261. The largest absolute Gasteiger partial charge is 0.379 e. The van der Waals surface area contributed by atoms with Crippen LogP contribution in [0.2, 0.25) is 0 Å². The van der Waals surface area contributed by atoms with Gasteiger partial charge in [0.25, 0.3) is 0 Å². The van der Waals surface area contributed by atoms with Crippen LogP contribution in [0.4, 0.5) is 0 Å². The first-order valence-corrected chi connectivity index (χ1v) is 9.86. The van der Waals surface area contributed by atoms with Crippen LogP contribution < -0.4 is 5.32 Å². The molecule has 0 saturated carbocycles. The fraction of sp³-hybridized carbons (Fsp3) is 0.667. The third-order valence-corrected chi connectivity index (χ3v) is 5.84. The maximum atomic E-state index is 13.1. The second kappa shape index (κ2) is 9.35. The Morgan fingerprint density at radius 1 is 1.24 bits per heavy atom. The molecule has 0 aromatic heterocycles. The highest BCUT2D eigenvalue weighted by Crippen LogP contribution is 2.26. The molecule has 4 heteroatoms. The number of nitrogens with zero attached hydrogens (tertiary/aromatic N) is 1. The molecule has 1 aromatic rings. The van der Waals surface area contributed by atoms with Crippen LogP contribution >= 0.6 is 0 Å². The van der Waals surface area contributed by atoms with E-state index in [1.165, 1.54) is 18.4 Å². The first-order valence-electron chi connectivity index (χ1n) is 9.86. The molecule has 0 bridgehead atoms. The molecule has 0 aliphatic carbocycles. The van der Waals surface area contributed by atoms with Crippen molar-refractivity contribution in [3.8, 4) is 0 Å². The number of ether oxygens (including phenoxy) is 1. The smallest absolute Gasteiger partial charge is 0.223 e. The summed E-state index contributed by atoms with van der Waals surface area (Å²) in [6.45, 7) is 6.73. The molecule has 4 nitrogen and oxygen atoms in total. The molecular weight excluding hydrogens is 312 g/mol. The van der Waals surface area contributed by atoms with Crippen molar-refractivity contribution in [2.45, 2.75) is 45.1 Å².